The van der Waals surface area contributed by atoms with Gasteiger partial charge in [0.1, 0.15) is 17.1 Å². The Balaban J connectivity index is 2.15. The Labute approximate surface area is 120 Å². The molecule has 0 spiro atoms. The van der Waals surface area contributed by atoms with E-state index in [9.17, 15) is 9.18 Å². The summed E-state index contributed by atoms with van der Waals surface area (Å²) >= 11 is 1.36. The minimum Gasteiger partial charge on any atom is -0.496 e. The van der Waals surface area contributed by atoms with Gasteiger partial charge in [-0.25, -0.2) is 9.18 Å². The van der Waals surface area contributed by atoms with E-state index in [-0.39, 0.29) is 11.4 Å². The highest BCUT2D eigenvalue weighted by atomic mass is 32.2. The van der Waals surface area contributed by atoms with E-state index in [2.05, 4.69) is 0 Å². The number of aromatic carboxylic acids is 1. The lowest BCUT2D eigenvalue weighted by Gasteiger charge is -2.08. The predicted octanol–water partition coefficient (Wildman–Crippen LogP) is 3.82. The van der Waals surface area contributed by atoms with Crippen LogP contribution in [0.5, 0.6) is 5.75 Å². The second-order valence-electron chi connectivity index (χ2n) is 4.06. The van der Waals surface area contributed by atoms with Crippen LogP contribution in [0.4, 0.5) is 4.39 Å². The summed E-state index contributed by atoms with van der Waals surface area (Å²) in [7, 11) is 1.43. The Kier molecular flexibility index (Phi) is 4.63. The lowest BCUT2D eigenvalue weighted by Crippen LogP contribution is -2.00. The molecule has 0 fully saturated rings. The van der Waals surface area contributed by atoms with Gasteiger partial charge in [-0.1, -0.05) is 18.2 Å². The molecule has 0 saturated heterocycles. The number of carboxylic acids is 1. The van der Waals surface area contributed by atoms with Crippen LogP contribution in [0, 0.1) is 5.82 Å². The van der Waals surface area contributed by atoms with Crippen LogP contribution >= 0.6 is 11.8 Å². The van der Waals surface area contributed by atoms with E-state index in [0.29, 0.717) is 16.4 Å². The molecule has 0 atom stereocenters. The van der Waals surface area contributed by atoms with E-state index in [4.69, 9.17) is 9.84 Å². The summed E-state index contributed by atoms with van der Waals surface area (Å²) in [6.07, 6.45) is 0. The zero-order valence-electron chi connectivity index (χ0n) is 10.8. The first-order valence-electron chi connectivity index (χ1n) is 5.89. The number of benzene rings is 2. The molecule has 0 saturated carbocycles. The van der Waals surface area contributed by atoms with Gasteiger partial charge < -0.3 is 9.84 Å². The van der Waals surface area contributed by atoms with Crippen molar-refractivity contribution in [1.82, 2.24) is 0 Å². The summed E-state index contributed by atoms with van der Waals surface area (Å²) in [5.41, 5.74) is 0.993. The number of halogens is 1. The maximum atomic E-state index is 13.5. The lowest BCUT2D eigenvalue weighted by atomic mass is 10.1. The molecule has 0 aromatic heterocycles. The first-order valence-corrected chi connectivity index (χ1v) is 6.88. The fourth-order valence-corrected chi connectivity index (χ4v) is 2.61. The van der Waals surface area contributed by atoms with Crippen LogP contribution in [0.25, 0.3) is 0 Å². The zero-order chi connectivity index (χ0) is 14.5. The van der Waals surface area contributed by atoms with Crippen molar-refractivity contribution in [3.63, 3.8) is 0 Å². The van der Waals surface area contributed by atoms with Gasteiger partial charge in [0, 0.05) is 10.6 Å². The smallest absolute Gasteiger partial charge is 0.339 e. The van der Waals surface area contributed by atoms with E-state index in [0.717, 1.165) is 5.56 Å². The van der Waals surface area contributed by atoms with Gasteiger partial charge >= 0.3 is 5.97 Å². The number of ether oxygens (including phenoxy) is 1. The van der Waals surface area contributed by atoms with E-state index < -0.39 is 5.97 Å². The summed E-state index contributed by atoms with van der Waals surface area (Å²) in [6, 6.07) is 11.4. The van der Waals surface area contributed by atoms with Crippen molar-refractivity contribution in [1.29, 1.82) is 0 Å². The Morgan fingerprint density at radius 3 is 2.70 bits per heavy atom. The number of thioether (sulfide) groups is 1. The highest BCUT2D eigenvalue weighted by Crippen LogP contribution is 2.28. The van der Waals surface area contributed by atoms with Crippen molar-refractivity contribution in [2.45, 2.75) is 10.6 Å². The monoisotopic (exact) mass is 292 g/mol. The fourth-order valence-electron chi connectivity index (χ4n) is 1.72. The summed E-state index contributed by atoms with van der Waals surface area (Å²) in [5, 5.41) is 9.00. The quantitative estimate of drug-likeness (QED) is 0.851. The van der Waals surface area contributed by atoms with E-state index in [1.165, 1.54) is 31.0 Å². The van der Waals surface area contributed by atoms with Crippen molar-refractivity contribution in [3.8, 4) is 5.75 Å². The third-order valence-electron chi connectivity index (χ3n) is 2.73. The molecule has 0 aliphatic carbocycles. The zero-order valence-corrected chi connectivity index (χ0v) is 11.6. The highest BCUT2D eigenvalue weighted by Gasteiger charge is 2.11. The molecule has 104 valence electrons. The molecule has 0 bridgehead atoms. The van der Waals surface area contributed by atoms with Crippen LogP contribution in [-0.2, 0) is 5.75 Å². The average Bonchev–Trinajstić information content (AvgIpc) is 2.46. The van der Waals surface area contributed by atoms with Gasteiger partial charge in [-0.15, -0.1) is 11.8 Å². The third kappa shape index (κ3) is 3.30. The van der Waals surface area contributed by atoms with Gasteiger partial charge in [-0.3, -0.25) is 0 Å². The second-order valence-corrected chi connectivity index (χ2v) is 5.08. The van der Waals surface area contributed by atoms with Crippen LogP contribution < -0.4 is 4.74 Å². The van der Waals surface area contributed by atoms with E-state index >= 15 is 0 Å². The number of carbonyl (C=O) groups is 1. The first-order chi connectivity index (χ1) is 9.61. The number of rotatable bonds is 5. The van der Waals surface area contributed by atoms with E-state index in [1.807, 2.05) is 0 Å². The highest BCUT2D eigenvalue weighted by molar-refractivity contribution is 7.98. The molecule has 0 radical (unpaired) electrons. The maximum Gasteiger partial charge on any atom is 0.339 e. The van der Waals surface area contributed by atoms with Crippen molar-refractivity contribution < 1.29 is 19.0 Å². The number of methoxy groups -OCH3 is 1. The van der Waals surface area contributed by atoms with Gasteiger partial charge in [-0.05, 0) is 29.8 Å². The average molecular weight is 292 g/mol. The molecular weight excluding hydrogens is 279 g/mol. The predicted molar refractivity (Wildman–Crippen MR) is 75.9 cm³/mol. The Bertz CT molecular complexity index is 628. The molecule has 0 aliphatic rings. The van der Waals surface area contributed by atoms with Crippen LogP contribution in [0.15, 0.2) is 47.4 Å². The molecule has 0 heterocycles. The second kappa shape index (κ2) is 6.43. The number of carboxylic acid groups (broad SMARTS) is 1. The molecule has 1 N–H and O–H groups in total. The molecular formula is C15H13FO3S. The third-order valence-corrected chi connectivity index (χ3v) is 3.85. The summed E-state index contributed by atoms with van der Waals surface area (Å²) < 4.78 is 18.5. The molecule has 0 amide bonds. The van der Waals surface area contributed by atoms with Gasteiger partial charge in [0.2, 0.25) is 0 Å². The molecule has 0 unspecified atom stereocenters. The van der Waals surface area contributed by atoms with Gasteiger partial charge in [0.25, 0.3) is 0 Å². The van der Waals surface area contributed by atoms with Crippen molar-refractivity contribution >= 4 is 17.7 Å². The minimum atomic E-state index is -1.03. The first kappa shape index (κ1) is 14.4. The van der Waals surface area contributed by atoms with Crippen LogP contribution in [0.1, 0.15) is 15.9 Å². The molecule has 5 heteroatoms. The Morgan fingerprint density at radius 2 is 2.05 bits per heavy atom. The van der Waals surface area contributed by atoms with Crippen LogP contribution in [-0.4, -0.2) is 18.2 Å². The van der Waals surface area contributed by atoms with Crippen molar-refractivity contribution in [3.05, 3.63) is 59.4 Å². The largest absolute Gasteiger partial charge is 0.496 e. The Hall–Kier alpha value is -2.01. The number of hydrogen-bond donors (Lipinski definition) is 1. The summed E-state index contributed by atoms with van der Waals surface area (Å²) in [4.78, 5) is 11.5. The molecule has 0 aliphatic heterocycles. The van der Waals surface area contributed by atoms with Crippen LogP contribution in [0.2, 0.25) is 0 Å². The topological polar surface area (TPSA) is 46.5 Å². The molecule has 2 rings (SSSR count). The normalized spacial score (nSPS) is 10.3. The van der Waals surface area contributed by atoms with Crippen molar-refractivity contribution in [2.24, 2.45) is 0 Å². The summed E-state index contributed by atoms with van der Waals surface area (Å²) in [5.74, 6) is -0.442. The summed E-state index contributed by atoms with van der Waals surface area (Å²) in [6.45, 7) is 0. The van der Waals surface area contributed by atoms with Gasteiger partial charge in [-0.2, -0.15) is 0 Å². The molecule has 3 nitrogen and oxygen atoms in total. The molecule has 2 aromatic carbocycles. The standard InChI is InChI=1S/C15H13FO3S/c1-19-13-8-10(6-7-11(13)15(17)18)9-20-14-5-3-2-4-12(14)16/h2-8H,9H2,1H3,(H,17,18). The van der Waals surface area contributed by atoms with Crippen LogP contribution in [0.3, 0.4) is 0 Å². The molecule has 2 aromatic rings. The lowest BCUT2D eigenvalue weighted by molar-refractivity contribution is 0.0693. The maximum absolute atomic E-state index is 13.5. The Morgan fingerprint density at radius 1 is 1.30 bits per heavy atom. The SMILES string of the molecule is COc1cc(CSc2ccccc2F)ccc1C(=O)O. The van der Waals surface area contributed by atoms with Gasteiger partial charge in [0.15, 0.2) is 0 Å². The molecule has 20 heavy (non-hydrogen) atoms. The van der Waals surface area contributed by atoms with E-state index in [1.54, 1.807) is 30.3 Å². The van der Waals surface area contributed by atoms with Crippen molar-refractivity contribution in [2.75, 3.05) is 7.11 Å². The van der Waals surface area contributed by atoms with Gasteiger partial charge in [0.05, 0.1) is 7.11 Å². The minimum absolute atomic E-state index is 0.118. The fraction of sp³-hybridized carbons (Fsp3) is 0.133. The number of hydrogen-bond acceptors (Lipinski definition) is 3.